The summed E-state index contributed by atoms with van der Waals surface area (Å²) in [5, 5.41) is 19.7. The molecule has 4 nitrogen and oxygen atoms in total. The Bertz CT molecular complexity index is 716. The van der Waals surface area contributed by atoms with Crippen molar-refractivity contribution in [2.75, 3.05) is 0 Å². The van der Waals surface area contributed by atoms with Crippen molar-refractivity contribution in [3.63, 3.8) is 0 Å². The Balaban J connectivity index is 2.26. The fourth-order valence-electron chi connectivity index (χ4n) is 2.16. The molecule has 2 aromatic carbocycles. The zero-order chi connectivity index (χ0) is 13.6. The third-order valence-corrected chi connectivity index (χ3v) is 3.35. The molecule has 0 amide bonds. The van der Waals surface area contributed by atoms with Crippen molar-refractivity contribution < 1.29 is 10.2 Å². The number of aryl methyl sites for hydroxylation is 2. The number of aromatic hydroxyl groups is 2. The molecule has 0 unspecified atom stereocenters. The van der Waals surface area contributed by atoms with Crippen LogP contribution < -0.4 is 0 Å². The van der Waals surface area contributed by atoms with Crippen LogP contribution in [0.1, 0.15) is 11.1 Å². The summed E-state index contributed by atoms with van der Waals surface area (Å²) in [5.74, 6) is 0.482. The topological polar surface area (TPSA) is 69.1 Å². The summed E-state index contributed by atoms with van der Waals surface area (Å²) >= 11 is 0. The van der Waals surface area contributed by atoms with Crippen molar-refractivity contribution >= 4 is 11.0 Å². The first-order valence-corrected chi connectivity index (χ1v) is 6.04. The third-order valence-electron chi connectivity index (χ3n) is 3.35. The molecule has 0 fully saturated rings. The lowest BCUT2D eigenvalue weighted by Crippen LogP contribution is -1.82. The van der Waals surface area contributed by atoms with E-state index in [4.69, 9.17) is 0 Å². The van der Waals surface area contributed by atoms with Gasteiger partial charge in [0.25, 0.3) is 0 Å². The molecule has 19 heavy (non-hydrogen) atoms. The average molecular weight is 254 g/mol. The van der Waals surface area contributed by atoms with Gasteiger partial charge in [-0.2, -0.15) is 0 Å². The van der Waals surface area contributed by atoms with Crippen LogP contribution in [0.3, 0.4) is 0 Å². The number of nitrogens with zero attached hydrogens (tertiary/aromatic N) is 1. The Kier molecular flexibility index (Phi) is 2.45. The lowest BCUT2D eigenvalue weighted by molar-refractivity contribution is 0.453. The molecule has 0 bridgehead atoms. The van der Waals surface area contributed by atoms with Crippen LogP contribution in [0.25, 0.3) is 22.4 Å². The van der Waals surface area contributed by atoms with Gasteiger partial charge in [-0.05, 0) is 49.2 Å². The van der Waals surface area contributed by atoms with Crippen LogP contribution in [0.15, 0.2) is 30.3 Å². The van der Waals surface area contributed by atoms with E-state index in [0.29, 0.717) is 11.4 Å². The molecule has 0 aliphatic rings. The number of nitrogens with one attached hydrogen (secondary N) is 1. The van der Waals surface area contributed by atoms with Crippen LogP contribution in [-0.2, 0) is 0 Å². The van der Waals surface area contributed by atoms with Crippen molar-refractivity contribution in [2.45, 2.75) is 13.8 Å². The van der Waals surface area contributed by atoms with Gasteiger partial charge in [0, 0.05) is 0 Å². The number of benzene rings is 2. The molecule has 3 N–H and O–H groups in total. The maximum Gasteiger partial charge on any atom is 0.146 e. The third kappa shape index (κ3) is 1.81. The molecule has 0 spiro atoms. The van der Waals surface area contributed by atoms with Crippen LogP contribution >= 0.6 is 0 Å². The van der Waals surface area contributed by atoms with Crippen LogP contribution in [0.2, 0.25) is 0 Å². The fourth-order valence-corrected chi connectivity index (χ4v) is 2.16. The average Bonchev–Trinajstić information content (AvgIpc) is 2.72. The van der Waals surface area contributed by atoms with Gasteiger partial charge in [0.1, 0.15) is 22.9 Å². The summed E-state index contributed by atoms with van der Waals surface area (Å²) in [6.07, 6.45) is 0. The predicted octanol–water partition coefficient (Wildman–Crippen LogP) is 3.26. The Morgan fingerprint density at radius 1 is 1.00 bits per heavy atom. The number of hydrogen-bond acceptors (Lipinski definition) is 3. The molecule has 4 heteroatoms. The van der Waals surface area contributed by atoms with E-state index in [-0.39, 0.29) is 11.5 Å². The molecule has 0 saturated carbocycles. The first kappa shape index (κ1) is 11.6. The van der Waals surface area contributed by atoms with E-state index in [9.17, 15) is 10.2 Å². The number of phenols is 2. The van der Waals surface area contributed by atoms with E-state index >= 15 is 0 Å². The molecule has 3 rings (SSSR count). The van der Waals surface area contributed by atoms with E-state index in [1.54, 1.807) is 6.07 Å². The number of fused-ring (bicyclic) bond motifs is 1. The fraction of sp³-hybridized carbons (Fsp3) is 0.133. The van der Waals surface area contributed by atoms with Gasteiger partial charge in [0.05, 0.1) is 11.0 Å². The van der Waals surface area contributed by atoms with Crippen molar-refractivity contribution in [1.29, 1.82) is 0 Å². The second-order valence-corrected chi connectivity index (χ2v) is 4.71. The number of rotatable bonds is 1. The standard InChI is InChI=1S/C15H14N2O2/c1-8-6-10-11(7-9(8)2)17-15(16-10)14-12(18)4-3-5-13(14)19/h3-7,18-19H,1-2H3,(H,16,17). The molecule has 96 valence electrons. The summed E-state index contributed by atoms with van der Waals surface area (Å²) in [5.41, 5.74) is 4.37. The molecule has 0 aliphatic heterocycles. The summed E-state index contributed by atoms with van der Waals surface area (Å²) in [4.78, 5) is 7.56. The highest BCUT2D eigenvalue weighted by atomic mass is 16.3. The molecule has 0 atom stereocenters. The van der Waals surface area contributed by atoms with E-state index in [1.807, 2.05) is 26.0 Å². The van der Waals surface area contributed by atoms with E-state index in [1.165, 1.54) is 17.7 Å². The highest BCUT2D eigenvalue weighted by Crippen LogP contribution is 2.36. The highest BCUT2D eigenvalue weighted by Gasteiger charge is 2.14. The largest absolute Gasteiger partial charge is 0.507 e. The van der Waals surface area contributed by atoms with E-state index < -0.39 is 0 Å². The minimum Gasteiger partial charge on any atom is -0.507 e. The van der Waals surface area contributed by atoms with Gasteiger partial charge >= 0.3 is 0 Å². The Hall–Kier alpha value is -2.49. The Morgan fingerprint density at radius 3 is 2.32 bits per heavy atom. The zero-order valence-electron chi connectivity index (χ0n) is 10.7. The molecule has 1 aromatic heterocycles. The van der Waals surface area contributed by atoms with Gasteiger partial charge in [0.2, 0.25) is 0 Å². The Morgan fingerprint density at radius 2 is 1.63 bits per heavy atom. The van der Waals surface area contributed by atoms with Gasteiger partial charge in [0.15, 0.2) is 0 Å². The molecule has 0 saturated heterocycles. The van der Waals surface area contributed by atoms with Crippen LogP contribution in [0, 0.1) is 13.8 Å². The number of phenolic OH excluding ortho intramolecular Hbond substituents is 2. The van der Waals surface area contributed by atoms with Gasteiger partial charge < -0.3 is 15.2 Å². The highest BCUT2D eigenvalue weighted by molar-refractivity contribution is 5.83. The van der Waals surface area contributed by atoms with Crippen molar-refractivity contribution in [1.82, 2.24) is 9.97 Å². The summed E-state index contributed by atoms with van der Waals surface area (Å²) < 4.78 is 0. The molecule has 0 aliphatic carbocycles. The zero-order valence-corrected chi connectivity index (χ0v) is 10.7. The second-order valence-electron chi connectivity index (χ2n) is 4.71. The number of aromatic nitrogens is 2. The number of H-pyrrole nitrogens is 1. The first-order chi connectivity index (χ1) is 9.06. The SMILES string of the molecule is Cc1cc2nc(-c3c(O)cccc3O)[nH]c2cc1C. The minimum atomic E-state index is 0.00694. The number of imidazole rings is 1. The molecule has 1 heterocycles. The summed E-state index contributed by atoms with van der Waals surface area (Å²) in [6.45, 7) is 4.06. The van der Waals surface area contributed by atoms with Crippen LogP contribution in [0.4, 0.5) is 0 Å². The van der Waals surface area contributed by atoms with Crippen molar-refractivity contribution in [2.24, 2.45) is 0 Å². The van der Waals surface area contributed by atoms with Gasteiger partial charge in [-0.15, -0.1) is 0 Å². The monoisotopic (exact) mass is 254 g/mol. The van der Waals surface area contributed by atoms with E-state index in [2.05, 4.69) is 9.97 Å². The molecule has 0 radical (unpaired) electrons. The minimum absolute atomic E-state index is 0.00694. The maximum atomic E-state index is 9.86. The predicted molar refractivity (Wildman–Crippen MR) is 74.3 cm³/mol. The lowest BCUT2D eigenvalue weighted by Gasteiger charge is -2.02. The van der Waals surface area contributed by atoms with Gasteiger partial charge in [-0.25, -0.2) is 4.98 Å². The first-order valence-electron chi connectivity index (χ1n) is 6.04. The molecule has 3 aromatic rings. The van der Waals surface area contributed by atoms with Gasteiger partial charge in [-0.3, -0.25) is 0 Å². The summed E-state index contributed by atoms with van der Waals surface area (Å²) in [7, 11) is 0. The van der Waals surface area contributed by atoms with Crippen molar-refractivity contribution in [3.05, 3.63) is 41.5 Å². The normalized spacial score (nSPS) is 11.1. The van der Waals surface area contributed by atoms with Gasteiger partial charge in [-0.1, -0.05) is 6.07 Å². The smallest absolute Gasteiger partial charge is 0.146 e. The van der Waals surface area contributed by atoms with Crippen molar-refractivity contribution in [3.8, 4) is 22.9 Å². The van der Waals surface area contributed by atoms with E-state index in [0.717, 1.165) is 16.6 Å². The lowest BCUT2D eigenvalue weighted by atomic mass is 10.1. The molecular weight excluding hydrogens is 240 g/mol. The van der Waals surface area contributed by atoms with Crippen LogP contribution in [-0.4, -0.2) is 20.2 Å². The number of hydrogen-bond donors (Lipinski definition) is 3. The summed E-state index contributed by atoms with van der Waals surface area (Å²) in [6, 6.07) is 8.64. The Labute approximate surface area is 110 Å². The molecular formula is C15H14N2O2. The maximum absolute atomic E-state index is 9.86. The second kappa shape index (κ2) is 4.02. The van der Waals surface area contributed by atoms with Crippen LogP contribution in [0.5, 0.6) is 11.5 Å². The number of aromatic amines is 1. The quantitative estimate of drug-likeness (QED) is 0.624.